The van der Waals surface area contributed by atoms with Gasteiger partial charge in [-0.2, -0.15) is 0 Å². The van der Waals surface area contributed by atoms with Crippen LogP contribution in [0.4, 0.5) is 5.69 Å². The van der Waals surface area contributed by atoms with Gasteiger partial charge in [-0.1, -0.05) is 11.6 Å². The van der Waals surface area contributed by atoms with E-state index in [0.29, 0.717) is 12.8 Å². The topological polar surface area (TPSA) is 115 Å². The lowest BCUT2D eigenvalue weighted by Gasteiger charge is -2.10. The van der Waals surface area contributed by atoms with Crippen molar-refractivity contribution in [3.05, 3.63) is 21.6 Å². The molecule has 0 aliphatic rings. The predicted octanol–water partition coefficient (Wildman–Crippen LogP) is 1.62. The maximum Gasteiger partial charge on any atom is 0.241 e. The Morgan fingerprint density at radius 1 is 1.35 bits per heavy atom. The molecular formula is C11H15BrClN3O3S. The van der Waals surface area contributed by atoms with E-state index in [1.807, 2.05) is 0 Å². The number of carbonyl (C=O) groups is 1. The minimum Gasteiger partial charge on any atom is -0.398 e. The number of nitrogens with one attached hydrogen (secondary N) is 1. The molecule has 0 aromatic heterocycles. The van der Waals surface area contributed by atoms with Gasteiger partial charge in [-0.3, -0.25) is 4.79 Å². The average molecular weight is 385 g/mol. The second kappa shape index (κ2) is 7.26. The maximum absolute atomic E-state index is 12.1. The van der Waals surface area contributed by atoms with Gasteiger partial charge in [0.05, 0.1) is 9.37 Å². The molecule has 1 amide bonds. The summed E-state index contributed by atoms with van der Waals surface area (Å²) in [6.07, 6.45) is 1.27. The number of carbonyl (C=O) groups excluding carboxylic acids is 1. The van der Waals surface area contributed by atoms with Crippen LogP contribution >= 0.6 is 27.5 Å². The summed E-state index contributed by atoms with van der Waals surface area (Å²) in [7, 11) is -3.71. The van der Waals surface area contributed by atoms with Crippen molar-refractivity contribution in [1.29, 1.82) is 0 Å². The second-order valence-corrected chi connectivity index (χ2v) is 7.09. The Morgan fingerprint density at radius 2 is 2.00 bits per heavy atom. The van der Waals surface area contributed by atoms with Gasteiger partial charge in [0.25, 0.3) is 0 Å². The molecule has 0 saturated carbocycles. The third-order valence-electron chi connectivity index (χ3n) is 2.46. The molecule has 0 bridgehead atoms. The van der Waals surface area contributed by atoms with Crippen LogP contribution in [0.2, 0.25) is 5.02 Å². The molecule has 0 spiro atoms. The fraction of sp³-hybridized carbons (Fsp3) is 0.364. The number of unbranched alkanes of at least 4 members (excludes halogenated alkanes) is 1. The number of halogens is 2. The van der Waals surface area contributed by atoms with E-state index in [0.717, 1.165) is 0 Å². The summed E-state index contributed by atoms with van der Waals surface area (Å²) < 4.78 is 26.9. The van der Waals surface area contributed by atoms with Gasteiger partial charge in [0.15, 0.2) is 0 Å². The summed E-state index contributed by atoms with van der Waals surface area (Å²) >= 11 is 8.93. The van der Waals surface area contributed by atoms with Crippen molar-refractivity contribution in [3.63, 3.8) is 0 Å². The average Bonchev–Trinajstić information content (AvgIpc) is 2.32. The number of primary amides is 1. The molecule has 6 nitrogen and oxygen atoms in total. The van der Waals surface area contributed by atoms with Crippen LogP contribution in [-0.2, 0) is 14.8 Å². The maximum atomic E-state index is 12.1. The molecule has 0 aliphatic carbocycles. The van der Waals surface area contributed by atoms with E-state index >= 15 is 0 Å². The van der Waals surface area contributed by atoms with Crippen LogP contribution in [0, 0.1) is 0 Å². The van der Waals surface area contributed by atoms with Crippen molar-refractivity contribution >= 4 is 49.1 Å². The van der Waals surface area contributed by atoms with E-state index in [2.05, 4.69) is 20.7 Å². The van der Waals surface area contributed by atoms with E-state index in [-0.39, 0.29) is 33.0 Å². The SMILES string of the molecule is NC(=O)CCCCNS(=O)(=O)c1cc(Cl)cc(N)c1Br. The number of nitrogens with two attached hydrogens (primary N) is 2. The summed E-state index contributed by atoms with van der Waals surface area (Å²) in [6, 6.07) is 2.77. The molecular weight excluding hydrogens is 370 g/mol. The monoisotopic (exact) mass is 383 g/mol. The van der Waals surface area contributed by atoms with Crippen molar-refractivity contribution in [2.24, 2.45) is 5.73 Å². The first-order valence-electron chi connectivity index (χ1n) is 5.76. The zero-order chi connectivity index (χ0) is 15.3. The van der Waals surface area contributed by atoms with Gasteiger partial charge in [-0.15, -0.1) is 0 Å². The van der Waals surface area contributed by atoms with Crippen LogP contribution in [0.15, 0.2) is 21.5 Å². The summed E-state index contributed by atoms with van der Waals surface area (Å²) in [5, 5.41) is 0.236. The van der Waals surface area contributed by atoms with E-state index < -0.39 is 15.9 Å². The van der Waals surface area contributed by atoms with Crippen molar-refractivity contribution in [1.82, 2.24) is 4.72 Å². The predicted molar refractivity (Wildman–Crippen MR) is 81.8 cm³/mol. The highest BCUT2D eigenvalue weighted by Gasteiger charge is 2.19. The number of anilines is 1. The third kappa shape index (κ3) is 4.93. The molecule has 0 heterocycles. The minimum absolute atomic E-state index is 0.0163. The second-order valence-electron chi connectivity index (χ2n) is 4.13. The van der Waals surface area contributed by atoms with E-state index in [4.69, 9.17) is 23.1 Å². The van der Waals surface area contributed by atoms with E-state index in [9.17, 15) is 13.2 Å². The molecule has 0 aliphatic heterocycles. The standard InChI is InChI=1S/C11H15BrClN3O3S/c12-11-8(14)5-7(13)6-9(11)20(18,19)16-4-2-1-3-10(15)17/h5-6,16H,1-4,14H2,(H2,15,17). The Labute approximate surface area is 131 Å². The Balaban J connectivity index is 2.72. The van der Waals surface area contributed by atoms with Crippen molar-refractivity contribution in [2.45, 2.75) is 24.2 Å². The smallest absolute Gasteiger partial charge is 0.241 e. The summed E-state index contributed by atoms with van der Waals surface area (Å²) in [5.74, 6) is -0.404. The van der Waals surface area contributed by atoms with Gasteiger partial charge in [0, 0.05) is 23.7 Å². The molecule has 112 valence electrons. The number of rotatable bonds is 7. The van der Waals surface area contributed by atoms with Crippen LogP contribution in [0.3, 0.4) is 0 Å². The molecule has 20 heavy (non-hydrogen) atoms. The Bertz CT molecular complexity index is 607. The highest BCUT2D eigenvalue weighted by Crippen LogP contribution is 2.31. The normalized spacial score (nSPS) is 11.5. The molecule has 0 fully saturated rings. The lowest BCUT2D eigenvalue weighted by Crippen LogP contribution is -2.25. The lowest BCUT2D eigenvalue weighted by molar-refractivity contribution is -0.118. The molecule has 0 atom stereocenters. The number of hydrogen-bond donors (Lipinski definition) is 3. The van der Waals surface area contributed by atoms with Crippen LogP contribution in [0.25, 0.3) is 0 Å². The molecule has 1 aromatic carbocycles. The summed E-state index contributed by atoms with van der Waals surface area (Å²) in [6.45, 7) is 0.203. The van der Waals surface area contributed by atoms with Crippen molar-refractivity contribution in [3.8, 4) is 0 Å². The first kappa shape index (κ1) is 17.2. The van der Waals surface area contributed by atoms with Gasteiger partial charge in [0.2, 0.25) is 15.9 Å². The first-order chi connectivity index (χ1) is 9.24. The first-order valence-corrected chi connectivity index (χ1v) is 8.42. The van der Waals surface area contributed by atoms with Gasteiger partial charge >= 0.3 is 0 Å². The lowest BCUT2D eigenvalue weighted by atomic mass is 10.2. The zero-order valence-corrected chi connectivity index (χ0v) is 13.7. The van der Waals surface area contributed by atoms with Crippen molar-refractivity contribution < 1.29 is 13.2 Å². The van der Waals surface area contributed by atoms with Gasteiger partial charge in [-0.25, -0.2) is 13.1 Å². The van der Waals surface area contributed by atoms with Crippen LogP contribution < -0.4 is 16.2 Å². The fourth-order valence-electron chi connectivity index (χ4n) is 1.49. The Morgan fingerprint density at radius 3 is 2.60 bits per heavy atom. The van der Waals surface area contributed by atoms with Crippen LogP contribution in [0.1, 0.15) is 19.3 Å². The third-order valence-corrected chi connectivity index (χ3v) is 5.31. The molecule has 0 unspecified atom stereocenters. The molecule has 9 heteroatoms. The number of nitrogen functional groups attached to an aromatic ring is 1. The highest BCUT2D eigenvalue weighted by molar-refractivity contribution is 9.10. The fourth-order valence-corrected chi connectivity index (χ4v) is 3.85. The zero-order valence-electron chi connectivity index (χ0n) is 10.5. The van der Waals surface area contributed by atoms with Gasteiger partial charge < -0.3 is 11.5 Å². The van der Waals surface area contributed by atoms with Gasteiger partial charge in [0.1, 0.15) is 0 Å². The molecule has 5 N–H and O–H groups in total. The quantitative estimate of drug-likeness (QED) is 0.489. The molecule has 1 rings (SSSR count). The van der Waals surface area contributed by atoms with E-state index in [1.165, 1.54) is 12.1 Å². The molecule has 1 aromatic rings. The van der Waals surface area contributed by atoms with E-state index in [1.54, 1.807) is 0 Å². The van der Waals surface area contributed by atoms with Crippen molar-refractivity contribution in [2.75, 3.05) is 12.3 Å². The summed E-state index contributed by atoms with van der Waals surface area (Å²) in [5.41, 5.74) is 10.9. The number of hydrogen-bond acceptors (Lipinski definition) is 4. The molecule has 0 saturated heterocycles. The number of benzene rings is 1. The Kier molecular flexibility index (Phi) is 6.25. The Hall–Kier alpha value is -0.830. The number of sulfonamides is 1. The largest absolute Gasteiger partial charge is 0.398 e. The molecule has 0 radical (unpaired) electrons. The minimum atomic E-state index is -3.71. The van der Waals surface area contributed by atoms with Gasteiger partial charge in [-0.05, 0) is 40.9 Å². The van der Waals surface area contributed by atoms with Crippen LogP contribution in [0.5, 0.6) is 0 Å². The highest BCUT2D eigenvalue weighted by atomic mass is 79.9. The van der Waals surface area contributed by atoms with Crippen LogP contribution in [-0.4, -0.2) is 20.9 Å². The number of amides is 1. The summed E-state index contributed by atoms with van der Waals surface area (Å²) in [4.78, 5) is 10.5.